The number of nitrogens with zero attached hydrogens (tertiary/aromatic N) is 1. The van der Waals surface area contributed by atoms with Crippen LogP contribution < -0.4 is 5.32 Å². The van der Waals surface area contributed by atoms with E-state index in [1.165, 1.54) is 0 Å². The van der Waals surface area contributed by atoms with E-state index in [0.29, 0.717) is 5.56 Å². The summed E-state index contributed by atoms with van der Waals surface area (Å²) < 4.78 is 0. The predicted molar refractivity (Wildman–Crippen MR) is 67.8 cm³/mol. The molecule has 84 valence electrons. The van der Waals surface area contributed by atoms with Crippen LogP contribution in [0.25, 0.3) is 5.57 Å². The van der Waals surface area contributed by atoms with Crippen LogP contribution in [0.5, 0.6) is 0 Å². The summed E-state index contributed by atoms with van der Waals surface area (Å²) in [4.78, 5) is 15.2. The van der Waals surface area contributed by atoms with Gasteiger partial charge in [-0.3, -0.25) is 9.79 Å². The fourth-order valence-corrected chi connectivity index (χ4v) is 1.51. The van der Waals surface area contributed by atoms with Crippen LogP contribution in [-0.4, -0.2) is 19.7 Å². The summed E-state index contributed by atoms with van der Waals surface area (Å²) in [6.45, 7) is 7.30. The van der Waals surface area contributed by atoms with Crippen LogP contribution >= 0.6 is 0 Å². The predicted octanol–water partition coefficient (Wildman–Crippen LogP) is 2.42. The molecule has 0 fully saturated rings. The maximum atomic E-state index is 11.5. The number of carbonyl (C=O) groups is 1. The Bertz CT molecular complexity index is 447. The Labute approximate surface area is 95.9 Å². The van der Waals surface area contributed by atoms with Gasteiger partial charge in [-0.1, -0.05) is 12.1 Å². The van der Waals surface area contributed by atoms with E-state index in [0.717, 1.165) is 16.7 Å². The molecule has 0 atom stereocenters. The second kappa shape index (κ2) is 5.26. The molecule has 0 aliphatic carbocycles. The lowest BCUT2D eigenvalue weighted by atomic mass is 10.0. The highest BCUT2D eigenvalue weighted by Gasteiger charge is 2.07. The fourth-order valence-electron chi connectivity index (χ4n) is 1.51. The second-order valence-electron chi connectivity index (χ2n) is 3.60. The number of allylic oxidation sites excluding steroid dienone is 1. The van der Waals surface area contributed by atoms with Crippen molar-refractivity contribution in [3.63, 3.8) is 0 Å². The van der Waals surface area contributed by atoms with Gasteiger partial charge in [-0.25, -0.2) is 0 Å². The van der Waals surface area contributed by atoms with E-state index in [-0.39, 0.29) is 5.91 Å². The number of aliphatic imine (C=N–C) groups is 1. The molecule has 0 saturated heterocycles. The van der Waals surface area contributed by atoms with Crippen molar-refractivity contribution in [2.75, 3.05) is 7.05 Å². The van der Waals surface area contributed by atoms with Crippen LogP contribution in [0.2, 0.25) is 0 Å². The van der Waals surface area contributed by atoms with E-state index in [4.69, 9.17) is 0 Å². The lowest BCUT2D eigenvalue weighted by molar-refractivity contribution is 0.0962. The van der Waals surface area contributed by atoms with Crippen molar-refractivity contribution >= 4 is 18.2 Å². The van der Waals surface area contributed by atoms with Crippen LogP contribution in [0.1, 0.15) is 28.4 Å². The third-order valence-corrected chi connectivity index (χ3v) is 2.44. The zero-order valence-corrected chi connectivity index (χ0v) is 9.87. The second-order valence-corrected chi connectivity index (χ2v) is 3.60. The lowest BCUT2D eigenvalue weighted by Crippen LogP contribution is -2.18. The molecule has 16 heavy (non-hydrogen) atoms. The maximum Gasteiger partial charge on any atom is 0.251 e. The first-order valence-electron chi connectivity index (χ1n) is 5.06. The minimum Gasteiger partial charge on any atom is -0.355 e. The van der Waals surface area contributed by atoms with Crippen molar-refractivity contribution < 1.29 is 4.79 Å². The first-order valence-corrected chi connectivity index (χ1v) is 5.06. The monoisotopic (exact) mass is 216 g/mol. The average Bonchev–Trinajstić information content (AvgIpc) is 2.28. The highest BCUT2D eigenvalue weighted by molar-refractivity contribution is 5.95. The Morgan fingerprint density at radius 1 is 1.50 bits per heavy atom. The van der Waals surface area contributed by atoms with Gasteiger partial charge >= 0.3 is 0 Å². The van der Waals surface area contributed by atoms with Gasteiger partial charge in [0.1, 0.15) is 0 Å². The summed E-state index contributed by atoms with van der Waals surface area (Å²) >= 11 is 0. The summed E-state index contributed by atoms with van der Waals surface area (Å²) in [5.74, 6) is -0.0625. The molecule has 0 aliphatic rings. The SMILES string of the molecule is C=NC=C(C)c1ccc(C(=O)NC)c(C)c1. The molecule has 3 heteroatoms. The van der Waals surface area contributed by atoms with Crippen molar-refractivity contribution in [3.05, 3.63) is 41.1 Å². The van der Waals surface area contributed by atoms with E-state index in [2.05, 4.69) is 17.0 Å². The molecule has 0 heterocycles. The summed E-state index contributed by atoms with van der Waals surface area (Å²) in [5, 5.41) is 2.61. The van der Waals surface area contributed by atoms with Crippen molar-refractivity contribution in [2.45, 2.75) is 13.8 Å². The number of aryl methyl sites for hydroxylation is 1. The Kier molecular flexibility index (Phi) is 4.00. The number of hydrogen-bond donors (Lipinski definition) is 1. The van der Waals surface area contributed by atoms with Gasteiger partial charge in [0, 0.05) is 18.8 Å². The Morgan fingerprint density at radius 3 is 2.69 bits per heavy atom. The number of hydrogen-bond acceptors (Lipinski definition) is 2. The Hall–Kier alpha value is -1.90. The van der Waals surface area contributed by atoms with Crippen molar-refractivity contribution in [2.24, 2.45) is 4.99 Å². The largest absolute Gasteiger partial charge is 0.355 e. The van der Waals surface area contributed by atoms with Gasteiger partial charge < -0.3 is 5.32 Å². The van der Waals surface area contributed by atoms with Gasteiger partial charge in [-0.15, -0.1) is 0 Å². The molecule has 1 rings (SSSR count). The molecule has 0 radical (unpaired) electrons. The molecular formula is C13H16N2O. The maximum absolute atomic E-state index is 11.5. The zero-order chi connectivity index (χ0) is 12.1. The Balaban J connectivity index is 3.13. The molecule has 3 nitrogen and oxygen atoms in total. The molecule has 0 spiro atoms. The number of carbonyl (C=O) groups excluding carboxylic acids is 1. The molecule has 1 aromatic carbocycles. The molecule has 1 aromatic rings. The van der Waals surface area contributed by atoms with Gasteiger partial charge in [0.25, 0.3) is 5.91 Å². The highest BCUT2D eigenvalue weighted by atomic mass is 16.1. The number of rotatable bonds is 3. The quantitative estimate of drug-likeness (QED) is 0.774. The first-order chi connectivity index (χ1) is 7.60. The topological polar surface area (TPSA) is 41.5 Å². The standard InChI is InChI=1S/C13H16N2O/c1-9-7-11(10(2)8-14-3)5-6-12(9)13(16)15-4/h5-8H,3H2,1-2,4H3,(H,15,16). The van der Waals surface area contributed by atoms with Gasteiger partial charge in [0.2, 0.25) is 0 Å². The number of benzene rings is 1. The van der Waals surface area contributed by atoms with E-state index >= 15 is 0 Å². The lowest BCUT2D eigenvalue weighted by Gasteiger charge is -2.07. The molecule has 1 amide bonds. The van der Waals surface area contributed by atoms with Crippen LogP contribution in [-0.2, 0) is 0 Å². The third-order valence-electron chi connectivity index (χ3n) is 2.44. The van der Waals surface area contributed by atoms with E-state index in [1.807, 2.05) is 32.0 Å². The van der Waals surface area contributed by atoms with Crippen molar-refractivity contribution in [1.82, 2.24) is 5.32 Å². The van der Waals surface area contributed by atoms with Crippen molar-refractivity contribution in [3.8, 4) is 0 Å². The van der Waals surface area contributed by atoms with E-state index in [9.17, 15) is 4.79 Å². The van der Waals surface area contributed by atoms with Gasteiger partial charge in [-0.2, -0.15) is 0 Å². The molecule has 0 bridgehead atoms. The number of amides is 1. The molecule has 0 unspecified atom stereocenters. The van der Waals surface area contributed by atoms with Gasteiger partial charge in [-0.05, 0) is 43.3 Å². The minimum absolute atomic E-state index is 0.0625. The van der Waals surface area contributed by atoms with E-state index in [1.54, 1.807) is 13.2 Å². The molecule has 0 aliphatic heterocycles. The minimum atomic E-state index is -0.0625. The summed E-state index contributed by atoms with van der Waals surface area (Å²) in [7, 11) is 1.63. The van der Waals surface area contributed by atoms with E-state index < -0.39 is 0 Å². The molecular weight excluding hydrogens is 200 g/mol. The summed E-state index contributed by atoms with van der Waals surface area (Å²) in [5.41, 5.74) is 3.73. The molecule has 0 saturated carbocycles. The number of nitrogens with one attached hydrogen (secondary N) is 1. The van der Waals surface area contributed by atoms with Gasteiger partial charge in [0.05, 0.1) is 0 Å². The average molecular weight is 216 g/mol. The highest BCUT2D eigenvalue weighted by Crippen LogP contribution is 2.18. The first kappa shape index (κ1) is 12.2. The fraction of sp³-hybridized carbons (Fsp3) is 0.231. The smallest absolute Gasteiger partial charge is 0.251 e. The summed E-state index contributed by atoms with van der Waals surface area (Å²) in [6.07, 6.45) is 1.70. The Morgan fingerprint density at radius 2 is 2.19 bits per heavy atom. The van der Waals surface area contributed by atoms with Crippen LogP contribution in [0.3, 0.4) is 0 Å². The molecule has 1 N–H and O–H groups in total. The summed E-state index contributed by atoms with van der Waals surface area (Å²) in [6, 6.07) is 5.71. The van der Waals surface area contributed by atoms with Crippen LogP contribution in [0.15, 0.2) is 29.4 Å². The van der Waals surface area contributed by atoms with Crippen LogP contribution in [0.4, 0.5) is 0 Å². The zero-order valence-electron chi connectivity index (χ0n) is 9.87. The molecule has 0 aromatic heterocycles. The van der Waals surface area contributed by atoms with Crippen molar-refractivity contribution in [1.29, 1.82) is 0 Å². The third kappa shape index (κ3) is 2.57. The normalized spacial score (nSPS) is 11.1. The van der Waals surface area contributed by atoms with Crippen LogP contribution in [0, 0.1) is 6.92 Å². The van der Waals surface area contributed by atoms with Gasteiger partial charge in [0.15, 0.2) is 0 Å².